The number of carbonyl (C=O) groups excluding carboxylic acids is 3. The molecule has 0 radical (unpaired) electrons. The molecule has 0 aliphatic carbocycles. The average molecular weight is 1010 g/mol. The number of fused-ring (bicyclic) bond motifs is 2. The van der Waals surface area contributed by atoms with Crippen molar-refractivity contribution in [3.63, 3.8) is 0 Å². The van der Waals surface area contributed by atoms with Crippen molar-refractivity contribution < 1.29 is 23.3 Å². The number of methoxy groups -OCH3 is 1. The van der Waals surface area contributed by atoms with Crippen LogP contribution in [0.4, 0.5) is 40.2 Å². The second-order valence-electron chi connectivity index (χ2n) is 19.0. The van der Waals surface area contributed by atoms with Crippen LogP contribution < -0.4 is 35.2 Å². The molecular weight excluding hydrogens is 949 g/mol. The van der Waals surface area contributed by atoms with Gasteiger partial charge in [-0.05, 0) is 119 Å². The summed E-state index contributed by atoms with van der Waals surface area (Å²) in [6.07, 6.45) is 12.5. The molecule has 7 heterocycles. The minimum absolute atomic E-state index is 0.130. The van der Waals surface area contributed by atoms with Crippen LogP contribution in [-0.4, -0.2) is 123 Å². The van der Waals surface area contributed by atoms with Crippen molar-refractivity contribution in [2.45, 2.75) is 64.5 Å². The minimum atomic E-state index is -2.65. The number of anilines is 7. The van der Waals surface area contributed by atoms with Crippen molar-refractivity contribution >= 4 is 100 Å². The van der Waals surface area contributed by atoms with E-state index in [1.807, 2.05) is 24.3 Å². The quantitative estimate of drug-likeness (QED) is 0.0740. The highest BCUT2D eigenvalue weighted by molar-refractivity contribution is 9.10. The number of imide groups is 1. The summed E-state index contributed by atoms with van der Waals surface area (Å²) in [5, 5.41) is 9.16. The number of piperidine rings is 3. The summed E-state index contributed by atoms with van der Waals surface area (Å²) < 4.78 is 22.5. The summed E-state index contributed by atoms with van der Waals surface area (Å²) in [4.78, 5) is 64.9. The molecule has 0 saturated carbocycles. The zero-order valence-corrected chi connectivity index (χ0v) is 41.0. The zero-order valence-electron chi connectivity index (χ0n) is 38.6. The van der Waals surface area contributed by atoms with Crippen LogP contribution in [0.15, 0.2) is 65.5 Å². The van der Waals surface area contributed by atoms with E-state index >= 15 is 0 Å². The molecule has 5 aromatic rings. The summed E-state index contributed by atoms with van der Waals surface area (Å²) in [5.74, 6) is 5.23. The van der Waals surface area contributed by atoms with Crippen LogP contribution >= 0.6 is 15.9 Å². The molecule has 1 spiro atoms. The average Bonchev–Trinajstić information content (AvgIpc) is 3.64. The lowest BCUT2D eigenvalue weighted by Crippen LogP contribution is -2.61. The number of amides is 3. The molecule has 3 aromatic carbocycles. The van der Waals surface area contributed by atoms with Gasteiger partial charge in [0.15, 0.2) is 0 Å². The predicted octanol–water partition coefficient (Wildman–Crippen LogP) is 6.49. The summed E-state index contributed by atoms with van der Waals surface area (Å²) in [6.45, 7) is 9.99. The maximum absolute atomic E-state index is 13.2. The lowest BCUT2D eigenvalue weighted by atomic mass is 9.71. The molecule has 0 bridgehead atoms. The Morgan fingerprint density at radius 1 is 0.941 bits per heavy atom. The summed E-state index contributed by atoms with van der Waals surface area (Å²) >= 11 is 3.60. The summed E-state index contributed by atoms with van der Waals surface area (Å²) in [5.41, 5.74) is 8.60. The van der Waals surface area contributed by atoms with Crippen LogP contribution in [0.1, 0.15) is 66.9 Å². The fourth-order valence-electron chi connectivity index (χ4n) is 10.7. The van der Waals surface area contributed by atoms with Gasteiger partial charge < -0.3 is 39.7 Å². The number of rotatable bonds is 13. The van der Waals surface area contributed by atoms with Gasteiger partial charge in [-0.3, -0.25) is 29.7 Å². The Hall–Kier alpha value is -6.05. The van der Waals surface area contributed by atoms with E-state index in [9.17, 15) is 18.6 Å². The molecule has 2 aromatic heterocycles. The minimum Gasteiger partial charge on any atom is -0.494 e. The number of halogens is 1. The number of benzene rings is 3. The van der Waals surface area contributed by atoms with Crippen molar-refractivity contribution in [2.75, 3.05) is 84.3 Å². The van der Waals surface area contributed by atoms with E-state index in [1.165, 1.54) is 17.5 Å². The Kier molecular flexibility index (Phi) is 12.4. The first-order valence-corrected chi connectivity index (χ1v) is 26.3. The second kappa shape index (κ2) is 18.5. The Labute approximate surface area is 405 Å². The number of hydrogen-bond donors (Lipinski definition) is 4. The molecule has 3 amide bonds. The number of aromatic nitrogens is 4. The van der Waals surface area contributed by atoms with E-state index in [2.05, 4.69) is 97.2 Å². The first-order valence-electron chi connectivity index (χ1n) is 23.4. The largest absolute Gasteiger partial charge is 0.494 e. The van der Waals surface area contributed by atoms with E-state index in [4.69, 9.17) is 9.72 Å². The van der Waals surface area contributed by atoms with Gasteiger partial charge in [0, 0.05) is 116 Å². The first kappa shape index (κ1) is 45.7. The van der Waals surface area contributed by atoms with Gasteiger partial charge >= 0.3 is 0 Å². The molecule has 4 fully saturated rings. The molecule has 19 heteroatoms. The number of likely N-dealkylation sites (tertiary alicyclic amines) is 1. The first-order chi connectivity index (χ1) is 32.7. The molecule has 2 atom stereocenters. The number of nitrogens with one attached hydrogen (secondary N) is 4. The number of carbonyl (C=O) groups is 3. The number of ether oxygens (including phenoxy) is 1. The Balaban J connectivity index is 0.728. The van der Waals surface area contributed by atoms with E-state index in [0.717, 1.165) is 94.9 Å². The SMILES string of the molecule is C=S(C)(=O)Nc1c(Nc2nc(Nc3cc(CC)c(N4CCC5(CC4)CN(CC4CCN(c6ccc7c(c6)CN(C6CCC(=O)NC6=O)C7=O)CC4)C5)cc3OC)ncc2Br)ccc2nccnc12. The molecule has 2 unspecified atom stereocenters. The summed E-state index contributed by atoms with van der Waals surface area (Å²) in [6, 6.07) is 13.5. The Morgan fingerprint density at radius 3 is 2.46 bits per heavy atom. The highest BCUT2D eigenvalue weighted by Crippen LogP contribution is 2.45. The third kappa shape index (κ3) is 9.27. The van der Waals surface area contributed by atoms with Crippen LogP contribution in [0, 0.1) is 11.3 Å². The number of aryl methyl sites for hydroxylation is 1. The van der Waals surface area contributed by atoms with E-state index in [0.29, 0.717) is 74.3 Å². The molecule has 356 valence electrons. The van der Waals surface area contributed by atoms with Crippen LogP contribution in [0.25, 0.3) is 11.0 Å². The highest BCUT2D eigenvalue weighted by Gasteiger charge is 2.46. The lowest BCUT2D eigenvalue weighted by Gasteiger charge is -2.55. The van der Waals surface area contributed by atoms with E-state index in [-0.39, 0.29) is 24.1 Å². The van der Waals surface area contributed by atoms with Crippen molar-refractivity contribution in [2.24, 2.45) is 11.3 Å². The van der Waals surface area contributed by atoms with Gasteiger partial charge in [-0.25, -0.2) is 9.19 Å². The van der Waals surface area contributed by atoms with Crippen molar-refractivity contribution in [3.05, 3.63) is 82.2 Å². The molecule has 68 heavy (non-hydrogen) atoms. The van der Waals surface area contributed by atoms with Gasteiger partial charge in [-0.1, -0.05) is 6.92 Å². The van der Waals surface area contributed by atoms with Crippen LogP contribution in [0.5, 0.6) is 5.75 Å². The molecule has 4 N–H and O–H groups in total. The van der Waals surface area contributed by atoms with Gasteiger partial charge in [0.2, 0.25) is 17.8 Å². The standard InChI is InChI=1S/C49H57BrN12O5S/c1-5-31-23-38(55-48-53-25-35(50)45(57-48)54-37-9-8-36-43(52-17-16-51-36)44(37)58-68(3,4)66)41(67-2)24-40(31)61-20-14-49(15-21-61)28-59(29-49)26-30-12-18-60(19-13-30)33-6-7-34-32(22-33)27-62(47(34)65)39-10-11-42(63)56-46(39)64/h6-9,16-17,22-25,30,39H,3,5,10-15,18-21,26-29H2,1-2,4H3,(H,58,66)(H,56,63,64)(H2,53,54,55,57). The number of nitrogens with zero attached hydrogens (tertiary/aromatic N) is 8. The van der Waals surface area contributed by atoms with Gasteiger partial charge in [0.25, 0.3) is 5.91 Å². The fraction of sp³-hybridized carbons (Fsp3) is 0.429. The lowest BCUT2D eigenvalue weighted by molar-refractivity contribution is -0.136. The smallest absolute Gasteiger partial charge is 0.255 e. The van der Waals surface area contributed by atoms with Crippen LogP contribution in [-0.2, 0) is 32.3 Å². The molecule has 10 rings (SSSR count). The van der Waals surface area contributed by atoms with Crippen LogP contribution in [0.2, 0.25) is 0 Å². The van der Waals surface area contributed by atoms with Gasteiger partial charge in [0.05, 0.1) is 34.2 Å². The fourth-order valence-corrected chi connectivity index (χ4v) is 11.7. The molecular formula is C49H57BrN12O5S. The third-order valence-electron chi connectivity index (χ3n) is 14.3. The zero-order chi connectivity index (χ0) is 47.3. The monoisotopic (exact) mass is 1000 g/mol. The van der Waals surface area contributed by atoms with Crippen LogP contribution in [0.3, 0.4) is 0 Å². The maximum atomic E-state index is 13.2. The Morgan fingerprint density at radius 2 is 1.72 bits per heavy atom. The van der Waals surface area contributed by atoms with Crippen molar-refractivity contribution in [3.8, 4) is 5.75 Å². The third-order valence-corrected chi connectivity index (χ3v) is 15.5. The molecule has 5 aliphatic heterocycles. The second-order valence-corrected chi connectivity index (χ2v) is 22.1. The number of hydrogen-bond acceptors (Lipinski definition) is 14. The van der Waals surface area contributed by atoms with Gasteiger partial charge in [-0.15, -0.1) is 0 Å². The summed E-state index contributed by atoms with van der Waals surface area (Å²) in [7, 11) is -0.963. The maximum Gasteiger partial charge on any atom is 0.255 e. The van der Waals surface area contributed by atoms with Crippen molar-refractivity contribution in [1.82, 2.24) is 35.1 Å². The molecule has 4 saturated heterocycles. The van der Waals surface area contributed by atoms with Gasteiger partial charge in [0.1, 0.15) is 23.1 Å². The topological polar surface area (TPSA) is 190 Å². The van der Waals surface area contributed by atoms with E-state index < -0.39 is 15.7 Å². The van der Waals surface area contributed by atoms with E-state index in [1.54, 1.807) is 30.6 Å². The van der Waals surface area contributed by atoms with Gasteiger partial charge in [-0.2, -0.15) is 4.98 Å². The highest BCUT2D eigenvalue weighted by atomic mass is 79.9. The van der Waals surface area contributed by atoms with Crippen molar-refractivity contribution in [1.29, 1.82) is 0 Å². The molecule has 17 nitrogen and oxygen atoms in total. The molecule has 5 aliphatic rings. The normalized spacial score (nSPS) is 20.5. The Bertz CT molecular complexity index is 2910. The predicted molar refractivity (Wildman–Crippen MR) is 271 cm³/mol.